The Hall–Kier alpha value is -1.90. The van der Waals surface area contributed by atoms with Crippen LogP contribution in [0.4, 0.5) is 0 Å². The third-order valence-electron chi connectivity index (χ3n) is 2.24. The SMILES string of the molecule is COc1ccc(-c2ncccn2)c(C)c1. The van der Waals surface area contributed by atoms with Gasteiger partial charge in [0.05, 0.1) is 7.11 Å². The number of methoxy groups -OCH3 is 1. The van der Waals surface area contributed by atoms with Gasteiger partial charge in [0.25, 0.3) is 0 Å². The van der Waals surface area contributed by atoms with Crippen LogP contribution in [0.2, 0.25) is 0 Å². The molecule has 0 saturated carbocycles. The minimum Gasteiger partial charge on any atom is -0.497 e. The van der Waals surface area contributed by atoms with Crippen molar-refractivity contribution in [3.8, 4) is 17.1 Å². The van der Waals surface area contributed by atoms with Gasteiger partial charge in [0.15, 0.2) is 5.82 Å². The Morgan fingerprint density at radius 3 is 2.47 bits per heavy atom. The molecule has 0 atom stereocenters. The van der Waals surface area contributed by atoms with Crippen LogP contribution in [0.3, 0.4) is 0 Å². The zero-order valence-corrected chi connectivity index (χ0v) is 8.77. The number of hydrogen-bond donors (Lipinski definition) is 0. The zero-order valence-electron chi connectivity index (χ0n) is 8.77. The van der Waals surface area contributed by atoms with Crippen molar-refractivity contribution in [2.24, 2.45) is 0 Å². The van der Waals surface area contributed by atoms with Gasteiger partial charge < -0.3 is 4.74 Å². The average Bonchev–Trinajstić information content (AvgIpc) is 2.30. The van der Waals surface area contributed by atoms with Gasteiger partial charge in [-0.25, -0.2) is 9.97 Å². The minimum atomic E-state index is 0.748. The molecule has 76 valence electrons. The van der Waals surface area contributed by atoms with E-state index in [9.17, 15) is 0 Å². The lowest BCUT2D eigenvalue weighted by Crippen LogP contribution is -1.91. The van der Waals surface area contributed by atoms with Crippen molar-refractivity contribution in [3.63, 3.8) is 0 Å². The highest BCUT2D eigenvalue weighted by atomic mass is 16.5. The van der Waals surface area contributed by atoms with E-state index in [4.69, 9.17) is 4.74 Å². The smallest absolute Gasteiger partial charge is 0.159 e. The second-order valence-corrected chi connectivity index (χ2v) is 3.25. The Kier molecular flexibility index (Phi) is 2.63. The summed E-state index contributed by atoms with van der Waals surface area (Å²) in [6.45, 7) is 2.02. The van der Waals surface area contributed by atoms with E-state index in [1.807, 2.05) is 31.2 Å². The van der Waals surface area contributed by atoms with Gasteiger partial charge in [0.1, 0.15) is 5.75 Å². The van der Waals surface area contributed by atoms with Crippen LogP contribution in [0.25, 0.3) is 11.4 Å². The molecule has 1 aromatic carbocycles. The van der Waals surface area contributed by atoms with Crippen LogP contribution < -0.4 is 4.74 Å². The van der Waals surface area contributed by atoms with Gasteiger partial charge in [-0.3, -0.25) is 0 Å². The zero-order chi connectivity index (χ0) is 10.7. The van der Waals surface area contributed by atoms with Gasteiger partial charge in [-0.2, -0.15) is 0 Å². The molecule has 2 aromatic rings. The summed E-state index contributed by atoms with van der Waals surface area (Å²) in [6.07, 6.45) is 3.48. The summed E-state index contributed by atoms with van der Waals surface area (Å²) < 4.78 is 5.15. The molecule has 0 aliphatic heterocycles. The molecule has 15 heavy (non-hydrogen) atoms. The Morgan fingerprint density at radius 2 is 1.87 bits per heavy atom. The Bertz CT molecular complexity index is 454. The van der Waals surface area contributed by atoms with E-state index in [1.54, 1.807) is 19.5 Å². The van der Waals surface area contributed by atoms with Gasteiger partial charge in [0, 0.05) is 18.0 Å². The quantitative estimate of drug-likeness (QED) is 0.747. The van der Waals surface area contributed by atoms with E-state index < -0.39 is 0 Å². The van der Waals surface area contributed by atoms with E-state index in [1.165, 1.54) is 0 Å². The topological polar surface area (TPSA) is 35.0 Å². The monoisotopic (exact) mass is 200 g/mol. The van der Waals surface area contributed by atoms with Crippen LogP contribution in [-0.4, -0.2) is 17.1 Å². The molecule has 0 unspecified atom stereocenters. The van der Waals surface area contributed by atoms with Gasteiger partial charge in [-0.1, -0.05) is 0 Å². The third-order valence-corrected chi connectivity index (χ3v) is 2.24. The second-order valence-electron chi connectivity index (χ2n) is 3.25. The first-order valence-corrected chi connectivity index (χ1v) is 4.73. The molecule has 0 aliphatic carbocycles. The molecule has 3 nitrogen and oxygen atoms in total. The summed E-state index contributed by atoms with van der Waals surface area (Å²) >= 11 is 0. The number of rotatable bonds is 2. The van der Waals surface area contributed by atoms with Crippen molar-refractivity contribution in [1.29, 1.82) is 0 Å². The number of hydrogen-bond acceptors (Lipinski definition) is 3. The first-order chi connectivity index (χ1) is 7.31. The van der Waals surface area contributed by atoms with Crippen LogP contribution >= 0.6 is 0 Å². The van der Waals surface area contributed by atoms with E-state index in [0.29, 0.717) is 0 Å². The normalized spacial score (nSPS) is 10.0. The number of benzene rings is 1. The van der Waals surface area contributed by atoms with Crippen molar-refractivity contribution in [2.45, 2.75) is 6.92 Å². The number of aromatic nitrogens is 2. The second kappa shape index (κ2) is 4.09. The van der Waals surface area contributed by atoms with Gasteiger partial charge in [-0.15, -0.1) is 0 Å². The van der Waals surface area contributed by atoms with E-state index in [2.05, 4.69) is 9.97 Å². The average molecular weight is 200 g/mol. The van der Waals surface area contributed by atoms with Crippen molar-refractivity contribution in [1.82, 2.24) is 9.97 Å². The standard InChI is InChI=1S/C12H12N2O/c1-9-8-10(15-2)4-5-11(9)12-13-6-3-7-14-12/h3-8H,1-2H3. The molecule has 0 saturated heterocycles. The number of aryl methyl sites for hydroxylation is 1. The summed E-state index contributed by atoms with van der Waals surface area (Å²) in [7, 11) is 1.66. The highest BCUT2D eigenvalue weighted by molar-refractivity contribution is 5.61. The van der Waals surface area contributed by atoms with E-state index in [-0.39, 0.29) is 0 Å². The fourth-order valence-electron chi connectivity index (χ4n) is 1.45. The van der Waals surface area contributed by atoms with Gasteiger partial charge >= 0.3 is 0 Å². The maximum absolute atomic E-state index is 5.15. The van der Waals surface area contributed by atoms with Crippen LogP contribution in [-0.2, 0) is 0 Å². The van der Waals surface area contributed by atoms with E-state index in [0.717, 1.165) is 22.7 Å². The van der Waals surface area contributed by atoms with Crippen LogP contribution in [0.5, 0.6) is 5.75 Å². The van der Waals surface area contributed by atoms with Crippen LogP contribution in [0, 0.1) is 6.92 Å². The summed E-state index contributed by atoms with van der Waals surface area (Å²) in [6, 6.07) is 7.68. The predicted octanol–water partition coefficient (Wildman–Crippen LogP) is 2.46. The summed E-state index contributed by atoms with van der Waals surface area (Å²) in [5, 5.41) is 0. The minimum absolute atomic E-state index is 0.748. The van der Waals surface area contributed by atoms with E-state index >= 15 is 0 Å². The molecular formula is C12H12N2O. The van der Waals surface area contributed by atoms with Crippen LogP contribution in [0.15, 0.2) is 36.7 Å². The fourth-order valence-corrected chi connectivity index (χ4v) is 1.45. The lowest BCUT2D eigenvalue weighted by Gasteiger charge is -2.06. The molecule has 0 N–H and O–H groups in total. The molecular weight excluding hydrogens is 188 g/mol. The molecule has 0 aliphatic rings. The molecule has 0 spiro atoms. The molecule has 0 bridgehead atoms. The third kappa shape index (κ3) is 1.96. The molecule has 1 heterocycles. The van der Waals surface area contributed by atoms with Gasteiger partial charge in [0.2, 0.25) is 0 Å². The van der Waals surface area contributed by atoms with Gasteiger partial charge in [-0.05, 0) is 36.8 Å². The maximum Gasteiger partial charge on any atom is 0.159 e. The fraction of sp³-hybridized carbons (Fsp3) is 0.167. The molecule has 2 rings (SSSR count). The highest BCUT2D eigenvalue weighted by Gasteiger charge is 2.04. The lowest BCUT2D eigenvalue weighted by molar-refractivity contribution is 0.414. The van der Waals surface area contributed by atoms with Crippen molar-refractivity contribution >= 4 is 0 Å². The molecule has 0 fully saturated rings. The summed E-state index contributed by atoms with van der Waals surface area (Å²) in [4.78, 5) is 8.43. The summed E-state index contributed by atoms with van der Waals surface area (Å²) in [5.74, 6) is 1.60. The Balaban J connectivity index is 2.46. The Morgan fingerprint density at radius 1 is 1.13 bits per heavy atom. The lowest BCUT2D eigenvalue weighted by atomic mass is 10.1. The largest absolute Gasteiger partial charge is 0.497 e. The maximum atomic E-state index is 5.15. The first kappa shape index (κ1) is 9.65. The number of ether oxygens (including phenoxy) is 1. The Labute approximate surface area is 88.8 Å². The highest BCUT2D eigenvalue weighted by Crippen LogP contribution is 2.23. The van der Waals surface area contributed by atoms with Crippen molar-refractivity contribution in [3.05, 3.63) is 42.2 Å². The summed E-state index contributed by atoms with van der Waals surface area (Å²) in [5.41, 5.74) is 2.15. The molecule has 0 radical (unpaired) electrons. The van der Waals surface area contributed by atoms with Crippen LogP contribution in [0.1, 0.15) is 5.56 Å². The molecule has 0 amide bonds. The predicted molar refractivity (Wildman–Crippen MR) is 58.8 cm³/mol. The molecule has 3 heteroatoms. The molecule has 1 aromatic heterocycles. The van der Waals surface area contributed by atoms with Crippen molar-refractivity contribution < 1.29 is 4.74 Å². The van der Waals surface area contributed by atoms with Crippen molar-refractivity contribution in [2.75, 3.05) is 7.11 Å². The number of nitrogens with zero attached hydrogens (tertiary/aromatic N) is 2. The first-order valence-electron chi connectivity index (χ1n) is 4.73.